The van der Waals surface area contributed by atoms with Gasteiger partial charge in [0, 0.05) is 12.6 Å². The maximum absolute atomic E-state index is 13.4. The van der Waals surface area contributed by atoms with E-state index in [1.54, 1.807) is 0 Å². The molecule has 0 aliphatic heterocycles. The Kier molecular flexibility index (Phi) is 4.09. The summed E-state index contributed by atoms with van der Waals surface area (Å²) in [5.74, 6) is -5.00. The molecule has 1 unspecified atom stereocenters. The van der Waals surface area contributed by atoms with E-state index in [9.17, 15) is 18.0 Å². The van der Waals surface area contributed by atoms with E-state index in [4.69, 9.17) is 5.11 Å². The fraction of sp³-hybridized carbons (Fsp3) is 0.462. The molecule has 0 spiro atoms. The highest BCUT2D eigenvalue weighted by atomic mass is 19.2. The minimum atomic E-state index is -1.65. The van der Waals surface area contributed by atoms with Crippen LogP contribution in [0.4, 0.5) is 13.2 Å². The van der Waals surface area contributed by atoms with Crippen molar-refractivity contribution in [2.45, 2.75) is 25.3 Å². The maximum atomic E-state index is 13.4. The number of aliphatic hydroxyl groups excluding tert-OH is 1. The van der Waals surface area contributed by atoms with Gasteiger partial charge >= 0.3 is 0 Å². The summed E-state index contributed by atoms with van der Waals surface area (Å²) in [5.41, 5.74) is -0.525. The van der Waals surface area contributed by atoms with Crippen molar-refractivity contribution < 1.29 is 23.1 Å². The van der Waals surface area contributed by atoms with E-state index in [-0.39, 0.29) is 18.6 Å². The van der Waals surface area contributed by atoms with Gasteiger partial charge in [-0.25, -0.2) is 13.2 Å². The quantitative estimate of drug-likeness (QED) is 0.806. The molecule has 3 nitrogen and oxygen atoms in total. The van der Waals surface area contributed by atoms with Gasteiger partial charge in [0.25, 0.3) is 5.91 Å². The first-order chi connectivity index (χ1) is 9.04. The minimum Gasteiger partial charge on any atom is -0.396 e. The second-order valence-electron chi connectivity index (χ2n) is 4.65. The van der Waals surface area contributed by atoms with Crippen molar-refractivity contribution in [2.24, 2.45) is 5.92 Å². The number of carbonyl (C=O) groups excluding carboxylic acids is 1. The Morgan fingerprint density at radius 2 is 2.00 bits per heavy atom. The lowest BCUT2D eigenvalue weighted by Crippen LogP contribution is -2.37. The van der Waals surface area contributed by atoms with Crippen LogP contribution in [0.1, 0.15) is 29.6 Å². The zero-order chi connectivity index (χ0) is 14.0. The first-order valence-corrected chi connectivity index (χ1v) is 6.09. The average Bonchev–Trinajstić information content (AvgIpc) is 3.19. The largest absolute Gasteiger partial charge is 0.396 e. The molecule has 104 valence electrons. The van der Waals surface area contributed by atoms with Gasteiger partial charge in [-0.1, -0.05) is 0 Å². The summed E-state index contributed by atoms with van der Waals surface area (Å²) < 4.78 is 39.2. The lowest BCUT2D eigenvalue weighted by atomic mass is 10.1. The molecule has 1 fully saturated rings. The van der Waals surface area contributed by atoms with E-state index < -0.39 is 28.9 Å². The number of amides is 1. The van der Waals surface area contributed by atoms with Gasteiger partial charge in [-0.15, -0.1) is 0 Å². The van der Waals surface area contributed by atoms with Crippen molar-refractivity contribution in [3.05, 3.63) is 35.1 Å². The molecule has 1 amide bonds. The number of nitrogens with one attached hydrogen (secondary N) is 1. The molecule has 6 heteroatoms. The molecular formula is C13H14F3NO2. The summed E-state index contributed by atoms with van der Waals surface area (Å²) in [5, 5.41) is 11.5. The highest BCUT2D eigenvalue weighted by Gasteiger charge is 2.32. The molecular weight excluding hydrogens is 259 g/mol. The van der Waals surface area contributed by atoms with Crippen LogP contribution in [-0.2, 0) is 0 Å². The van der Waals surface area contributed by atoms with Crippen molar-refractivity contribution in [3.63, 3.8) is 0 Å². The first kappa shape index (κ1) is 13.9. The fourth-order valence-electron chi connectivity index (χ4n) is 2.01. The highest BCUT2D eigenvalue weighted by molar-refractivity contribution is 5.94. The maximum Gasteiger partial charge on any atom is 0.254 e. The van der Waals surface area contributed by atoms with Crippen LogP contribution in [-0.4, -0.2) is 23.7 Å². The third kappa shape index (κ3) is 3.07. The van der Waals surface area contributed by atoms with Crippen molar-refractivity contribution in [1.29, 1.82) is 0 Å². The zero-order valence-electron chi connectivity index (χ0n) is 10.1. The standard InChI is InChI=1S/C13H14F3NO2/c14-9-4-3-8(11(15)12(9)16)13(19)17-10(5-6-18)7-1-2-7/h3-4,7,10,18H,1-2,5-6H2,(H,17,19). The predicted octanol–water partition coefficient (Wildman–Crippen LogP) is 1.99. The smallest absolute Gasteiger partial charge is 0.254 e. The normalized spacial score (nSPS) is 16.2. The molecule has 1 aromatic rings. The van der Waals surface area contributed by atoms with Gasteiger partial charge in [-0.3, -0.25) is 4.79 Å². The fourth-order valence-corrected chi connectivity index (χ4v) is 2.01. The Morgan fingerprint density at radius 1 is 1.32 bits per heavy atom. The molecule has 0 aromatic heterocycles. The number of hydrogen-bond acceptors (Lipinski definition) is 2. The predicted molar refractivity (Wildman–Crippen MR) is 62.0 cm³/mol. The van der Waals surface area contributed by atoms with E-state index in [0.717, 1.165) is 18.9 Å². The van der Waals surface area contributed by atoms with Crippen LogP contribution in [0.2, 0.25) is 0 Å². The Balaban J connectivity index is 2.13. The summed E-state index contributed by atoms with van der Waals surface area (Å²) in [6.45, 7) is -0.0955. The Labute approximate surface area is 108 Å². The summed E-state index contributed by atoms with van der Waals surface area (Å²) >= 11 is 0. The number of hydrogen-bond donors (Lipinski definition) is 2. The van der Waals surface area contributed by atoms with Gasteiger partial charge in [0.15, 0.2) is 17.5 Å². The van der Waals surface area contributed by atoms with Crippen molar-refractivity contribution in [1.82, 2.24) is 5.32 Å². The first-order valence-electron chi connectivity index (χ1n) is 6.09. The lowest BCUT2D eigenvalue weighted by Gasteiger charge is -2.17. The number of aliphatic hydroxyl groups is 1. The molecule has 2 N–H and O–H groups in total. The number of halogens is 3. The van der Waals surface area contributed by atoms with E-state index >= 15 is 0 Å². The Morgan fingerprint density at radius 3 is 2.58 bits per heavy atom. The van der Waals surface area contributed by atoms with Crippen LogP contribution in [0, 0.1) is 23.4 Å². The van der Waals surface area contributed by atoms with Crippen LogP contribution < -0.4 is 5.32 Å². The molecule has 19 heavy (non-hydrogen) atoms. The van der Waals surface area contributed by atoms with E-state index in [2.05, 4.69) is 5.32 Å². The topological polar surface area (TPSA) is 49.3 Å². The van der Waals surface area contributed by atoms with Crippen molar-refractivity contribution in [2.75, 3.05) is 6.61 Å². The molecule has 2 rings (SSSR count). The molecule has 1 aliphatic carbocycles. The second kappa shape index (κ2) is 5.61. The van der Waals surface area contributed by atoms with Gasteiger partial charge in [0.2, 0.25) is 0 Å². The SMILES string of the molecule is O=C(NC(CCO)C1CC1)c1ccc(F)c(F)c1F. The molecule has 0 bridgehead atoms. The van der Waals surface area contributed by atoms with Crippen LogP contribution in [0.25, 0.3) is 0 Å². The van der Waals surface area contributed by atoms with Gasteiger partial charge in [0.05, 0.1) is 5.56 Å². The molecule has 0 heterocycles. The average molecular weight is 273 g/mol. The van der Waals surface area contributed by atoms with Crippen molar-refractivity contribution in [3.8, 4) is 0 Å². The van der Waals surface area contributed by atoms with E-state index in [0.29, 0.717) is 12.5 Å². The van der Waals surface area contributed by atoms with Crippen molar-refractivity contribution >= 4 is 5.91 Å². The number of rotatable bonds is 5. The number of benzene rings is 1. The summed E-state index contributed by atoms with van der Waals surface area (Å²) in [4.78, 5) is 11.8. The van der Waals surface area contributed by atoms with E-state index in [1.165, 1.54) is 0 Å². The summed E-state index contributed by atoms with van der Waals surface area (Å²) in [6.07, 6.45) is 2.23. The van der Waals surface area contributed by atoms with Crippen LogP contribution in [0.3, 0.4) is 0 Å². The molecule has 1 atom stereocenters. The van der Waals surface area contributed by atoms with Gasteiger partial charge in [0.1, 0.15) is 0 Å². The monoisotopic (exact) mass is 273 g/mol. The third-order valence-electron chi connectivity index (χ3n) is 3.23. The van der Waals surface area contributed by atoms with Crippen LogP contribution >= 0.6 is 0 Å². The van der Waals surface area contributed by atoms with Crippen LogP contribution in [0.15, 0.2) is 12.1 Å². The van der Waals surface area contributed by atoms with E-state index in [1.807, 2.05) is 0 Å². The molecule has 1 aliphatic rings. The van der Waals surface area contributed by atoms with Gasteiger partial charge in [-0.05, 0) is 37.3 Å². The van der Waals surface area contributed by atoms with Gasteiger partial charge < -0.3 is 10.4 Å². The Hall–Kier alpha value is -1.56. The molecule has 1 saturated carbocycles. The summed E-state index contributed by atoms with van der Waals surface area (Å²) in [7, 11) is 0. The molecule has 0 radical (unpaired) electrons. The molecule has 0 saturated heterocycles. The lowest BCUT2D eigenvalue weighted by molar-refractivity contribution is 0.0919. The highest BCUT2D eigenvalue weighted by Crippen LogP contribution is 2.34. The van der Waals surface area contributed by atoms with Crippen LogP contribution in [0.5, 0.6) is 0 Å². The zero-order valence-corrected chi connectivity index (χ0v) is 10.1. The number of carbonyl (C=O) groups is 1. The second-order valence-corrected chi connectivity index (χ2v) is 4.65. The summed E-state index contributed by atoms with van der Waals surface area (Å²) in [6, 6.07) is 1.36. The minimum absolute atomic E-state index is 0.0955. The van der Waals surface area contributed by atoms with Gasteiger partial charge in [-0.2, -0.15) is 0 Å². The third-order valence-corrected chi connectivity index (χ3v) is 3.23. The molecule has 1 aromatic carbocycles. The Bertz CT molecular complexity index is 489.